The number of carbonyl (C=O) groups excluding carboxylic acids is 2. The Morgan fingerprint density at radius 1 is 1.04 bits per heavy atom. The van der Waals surface area contributed by atoms with Crippen molar-refractivity contribution in [3.63, 3.8) is 0 Å². The van der Waals surface area contributed by atoms with E-state index in [4.69, 9.17) is 9.47 Å². The SMILES string of the molecule is CC(=O)CC(=O)[C@@H]1[C@@]2(C)CCCC(C)(C)[C@@H]2C[C@H]2OC(C)(C)O[C@@]12C. The fraction of sp³-hybridized carbons (Fsp3) is 0.905. The first-order valence-corrected chi connectivity index (χ1v) is 9.72. The second-order valence-corrected chi connectivity index (χ2v) is 10.2. The van der Waals surface area contributed by atoms with Crippen LogP contribution in [0.5, 0.6) is 0 Å². The van der Waals surface area contributed by atoms with Crippen LogP contribution in [0.15, 0.2) is 0 Å². The number of ether oxygens (including phenoxy) is 2. The van der Waals surface area contributed by atoms with E-state index >= 15 is 0 Å². The van der Waals surface area contributed by atoms with Crippen LogP contribution in [0.4, 0.5) is 0 Å². The van der Waals surface area contributed by atoms with Crippen molar-refractivity contribution in [2.45, 2.75) is 98.1 Å². The molecule has 142 valence electrons. The van der Waals surface area contributed by atoms with E-state index in [1.165, 1.54) is 13.3 Å². The first-order valence-electron chi connectivity index (χ1n) is 9.72. The highest BCUT2D eigenvalue weighted by molar-refractivity contribution is 6.00. The molecule has 0 aromatic carbocycles. The first kappa shape index (κ1) is 19.0. The third-order valence-corrected chi connectivity index (χ3v) is 7.23. The molecule has 0 amide bonds. The maximum absolute atomic E-state index is 13.3. The number of ketones is 2. The molecule has 0 N–H and O–H groups in total. The van der Waals surface area contributed by atoms with Crippen molar-refractivity contribution in [3.05, 3.63) is 0 Å². The molecule has 4 heteroatoms. The van der Waals surface area contributed by atoms with E-state index in [2.05, 4.69) is 20.8 Å². The Labute approximate surface area is 152 Å². The molecular formula is C21H34O4. The van der Waals surface area contributed by atoms with Crippen LogP contribution in [-0.2, 0) is 19.1 Å². The fourth-order valence-electron chi connectivity index (χ4n) is 6.61. The quantitative estimate of drug-likeness (QED) is 0.712. The van der Waals surface area contributed by atoms with Crippen molar-refractivity contribution >= 4 is 11.6 Å². The summed E-state index contributed by atoms with van der Waals surface area (Å²) in [5.74, 6) is -0.628. The number of hydrogen-bond donors (Lipinski definition) is 0. The summed E-state index contributed by atoms with van der Waals surface area (Å²) in [5, 5.41) is 0. The molecule has 0 aromatic heterocycles. The van der Waals surface area contributed by atoms with Crippen LogP contribution in [0.1, 0.15) is 80.6 Å². The number of fused-ring (bicyclic) bond motifs is 2. The molecule has 1 aliphatic heterocycles. The zero-order chi connectivity index (χ0) is 18.8. The Morgan fingerprint density at radius 3 is 2.28 bits per heavy atom. The second-order valence-electron chi connectivity index (χ2n) is 10.2. The van der Waals surface area contributed by atoms with E-state index < -0.39 is 11.4 Å². The van der Waals surface area contributed by atoms with Gasteiger partial charge in [-0.2, -0.15) is 0 Å². The van der Waals surface area contributed by atoms with Crippen molar-refractivity contribution in [2.24, 2.45) is 22.7 Å². The summed E-state index contributed by atoms with van der Waals surface area (Å²) < 4.78 is 12.7. The van der Waals surface area contributed by atoms with Crippen molar-refractivity contribution in [2.75, 3.05) is 0 Å². The minimum Gasteiger partial charge on any atom is -0.344 e. The average Bonchev–Trinajstić information content (AvgIpc) is 2.62. The molecule has 3 fully saturated rings. The van der Waals surface area contributed by atoms with Crippen molar-refractivity contribution in [1.82, 2.24) is 0 Å². The molecule has 1 heterocycles. The molecule has 2 saturated carbocycles. The van der Waals surface area contributed by atoms with Gasteiger partial charge in [0.2, 0.25) is 0 Å². The average molecular weight is 350 g/mol. The molecule has 3 aliphatic rings. The van der Waals surface area contributed by atoms with Crippen LogP contribution in [-0.4, -0.2) is 29.1 Å². The molecule has 3 rings (SSSR count). The van der Waals surface area contributed by atoms with E-state index in [0.717, 1.165) is 19.3 Å². The summed E-state index contributed by atoms with van der Waals surface area (Å²) >= 11 is 0. The lowest BCUT2D eigenvalue weighted by Gasteiger charge is -2.61. The molecule has 4 nitrogen and oxygen atoms in total. The van der Waals surface area contributed by atoms with Gasteiger partial charge in [-0.25, -0.2) is 0 Å². The van der Waals surface area contributed by atoms with Gasteiger partial charge in [-0.05, 0) is 63.7 Å². The standard InChI is InChI=1S/C21H34O4/c1-13(22)11-14(23)17-20(6)10-8-9-18(2,3)15(20)12-16-21(17,7)25-19(4,5)24-16/h15-17H,8-12H2,1-7H3/t15-,16+,17+,20-,21+/m0/s1. The lowest BCUT2D eigenvalue weighted by Crippen LogP contribution is -2.64. The third kappa shape index (κ3) is 2.90. The maximum Gasteiger partial charge on any atom is 0.164 e. The van der Waals surface area contributed by atoms with E-state index in [9.17, 15) is 9.59 Å². The molecule has 25 heavy (non-hydrogen) atoms. The molecule has 0 spiro atoms. The maximum atomic E-state index is 13.3. The van der Waals surface area contributed by atoms with Gasteiger partial charge in [0.15, 0.2) is 5.79 Å². The highest BCUT2D eigenvalue weighted by atomic mass is 16.8. The Morgan fingerprint density at radius 2 is 1.68 bits per heavy atom. The Balaban J connectivity index is 2.10. The zero-order valence-electron chi connectivity index (χ0n) is 16.9. The van der Waals surface area contributed by atoms with Gasteiger partial charge >= 0.3 is 0 Å². The van der Waals surface area contributed by atoms with Gasteiger partial charge in [-0.1, -0.05) is 27.2 Å². The largest absolute Gasteiger partial charge is 0.344 e. The highest BCUT2D eigenvalue weighted by Gasteiger charge is 2.68. The summed E-state index contributed by atoms with van der Waals surface area (Å²) in [7, 11) is 0. The summed E-state index contributed by atoms with van der Waals surface area (Å²) in [5.41, 5.74) is -0.642. The van der Waals surface area contributed by atoms with Gasteiger partial charge in [0.05, 0.1) is 18.4 Å². The molecule has 0 bridgehead atoms. The van der Waals surface area contributed by atoms with Gasteiger partial charge in [-0.15, -0.1) is 0 Å². The monoisotopic (exact) mass is 350 g/mol. The van der Waals surface area contributed by atoms with Crippen LogP contribution < -0.4 is 0 Å². The summed E-state index contributed by atoms with van der Waals surface area (Å²) in [6.45, 7) is 14.3. The third-order valence-electron chi connectivity index (χ3n) is 7.23. The number of rotatable bonds is 3. The fourth-order valence-corrected chi connectivity index (χ4v) is 6.61. The van der Waals surface area contributed by atoms with Crippen molar-refractivity contribution in [1.29, 1.82) is 0 Å². The molecule has 0 radical (unpaired) electrons. The van der Waals surface area contributed by atoms with Gasteiger partial charge in [0.1, 0.15) is 17.2 Å². The Hall–Kier alpha value is -0.740. The van der Waals surface area contributed by atoms with Crippen molar-refractivity contribution < 1.29 is 19.1 Å². The second kappa shape index (κ2) is 5.63. The summed E-state index contributed by atoms with van der Waals surface area (Å²) in [6.07, 6.45) is 4.14. The predicted molar refractivity (Wildman–Crippen MR) is 96.1 cm³/mol. The smallest absolute Gasteiger partial charge is 0.164 e. The summed E-state index contributed by atoms with van der Waals surface area (Å²) in [4.78, 5) is 25.0. The zero-order valence-corrected chi connectivity index (χ0v) is 16.9. The normalized spacial score (nSPS) is 44.7. The van der Waals surface area contributed by atoms with Crippen LogP contribution in [0, 0.1) is 22.7 Å². The number of hydrogen-bond acceptors (Lipinski definition) is 4. The molecule has 1 saturated heterocycles. The van der Waals surface area contributed by atoms with E-state index in [-0.39, 0.29) is 40.8 Å². The molecule has 5 atom stereocenters. The van der Waals surface area contributed by atoms with Crippen LogP contribution in [0.3, 0.4) is 0 Å². The summed E-state index contributed by atoms with van der Waals surface area (Å²) in [6, 6.07) is 0. The molecule has 0 unspecified atom stereocenters. The van der Waals surface area contributed by atoms with Gasteiger partial charge in [0, 0.05) is 0 Å². The van der Waals surface area contributed by atoms with Crippen molar-refractivity contribution in [3.8, 4) is 0 Å². The Bertz CT molecular complexity index is 593. The topological polar surface area (TPSA) is 52.6 Å². The lowest BCUT2D eigenvalue weighted by atomic mass is 9.44. The van der Waals surface area contributed by atoms with Gasteiger partial charge in [-0.3, -0.25) is 9.59 Å². The Kier molecular flexibility index (Phi) is 4.28. The van der Waals surface area contributed by atoms with E-state index in [1.807, 2.05) is 20.8 Å². The van der Waals surface area contributed by atoms with Gasteiger partial charge in [0.25, 0.3) is 0 Å². The number of Topliss-reactive ketones (excluding diaryl/α,β-unsaturated/α-hetero) is 2. The minimum atomic E-state index is -0.692. The van der Waals surface area contributed by atoms with E-state index in [1.54, 1.807) is 0 Å². The molecule has 2 aliphatic carbocycles. The van der Waals surface area contributed by atoms with Crippen LogP contribution in [0.2, 0.25) is 0 Å². The first-order chi connectivity index (χ1) is 11.3. The van der Waals surface area contributed by atoms with Crippen LogP contribution in [0.25, 0.3) is 0 Å². The highest BCUT2D eigenvalue weighted by Crippen LogP contribution is 2.65. The van der Waals surface area contributed by atoms with Gasteiger partial charge < -0.3 is 9.47 Å². The number of carbonyl (C=O) groups is 2. The van der Waals surface area contributed by atoms with E-state index in [0.29, 0.717) is 5.92 Å². The minimum absolute atomic E-state index is 0.000492. The molecule has 0 aromatic rings. The lowest BCUT2D eigenvalue weighted by molar-refractivity contribution is -0.199. The van der Waals surface area contributed by atoms with Crippen LogP contribution >= 0.6 is 0 Å². The molecular weight excluding hydrogens is 316 g/mol. The predicted octanol–water partition coefficient (Wildman–Crippen LogP) is 4.30.